The Kier molecular flexibility index (Phi) is 5.61. The normalized spacial score (nSPS) is 17.0. The van der Waals surface area contributed by atoms with Crippen LogP contribution in [0.4, 0.5) is 0 Å². The zero-order valence-corrected chi connectivity index (χ0v) is 11.0. The highest BCUT2D eigenvalue weighted by Gasteiger charge is 2.15. The lowest BCUT2D eigenvalue weighted by Gasteiger charge is -2.23. The van der Waals surface area contributed by atoms with Crippen molar-refractivity contribution in [3.8, 4) is 0 Å². The molecule has 1 aromatic heterocycles. The van der Waals surface area contributed by atoms with E-state index in [-0.39, 0.29) is 0 Å². The number of furan rings is 1. The molecule has 0 amide bonds. The lowest BCUT2D eigenvalue weighted by molar-refractivity contribution is 0.333. The van der Waals surface area contributed by atoms with Crippen LogP contribution >= 0.6 is 0 Å². The largest absolute Gasteiger partial charge is 0.468 e. The van der Waals surface area contributed by atoms with Crippen LogP contribution < -0.4 is 5.32 Å². The van der Waals surface area contributed by atoms with Gasteiger partial charge < -0.3 is 9.73 Å². The van der Waals surface area contributed by atoms with E-state index in [4.69, 9.17) is 4.42 Å². The zero-order valence-electron chi connectivity index (χ0n) is 11.0. The average Bonchev–Trinajstić information content (AvgIpc) is 2.81. The van der Waals surface area contributed by atoms with Gasteiger partial charge in [-0.2, -0.15) is 0 Å². The monoisotopic (exact) mass is 223 g/mol. The van der Waals surface area contributed by atoms with Crippen molar-refractivity contribution in [1.29, 1.82) is 0 Å². The Morgan fingerprint density at radius 3 is 2.50 bits per heavy atom. The van der Waals surface area contributed by atoms with Crippen molar-refractivity contribution < 1.29 is 4.42 Å². The van der Waals surface area contributed by atoms with Gasteiger partial charge in [0.1, 0.15) is 5.76 Å². The summed E-state index contributed by atoms with van der Waals surface area (Å²) in [5, 5.41) is 3.64. The van der Waals surface area contributed by atoms with E-state index >= 15 is 0 Å². The van der Waals surface area contributed by atoms with Gasteiger partial charge in [-0.3, -0.25) is 0 Å². The summed E-state index contributed by atoms with van der Waals surface area (Å²) in [6.45, 7) is 8.99. The third kappa shape index (κ3) is 4.01. The Hall–Kier alpha value is -0.760. The summed E-state index contributed by atoms with van der Waals surface area (Å²) in [6.07, 6.45) is 5.42. The van der Waals surface area contributed by atoms with Crippen molar-refractivity contribution in [2.75, 3.05) is 0 Å². The summed E-state index contributed by atoms with van der Waals surface area (Å²) < 4.78 is 5.41. The minimum atomic E-state index is 0.309. The van der Waals surface area contributed by atoms with Crippen molar-refractivity contribution in [2.45, 2.75) is 59.0 Å². The molecule has 16 heavy (non-hydrogen) atoms. The van der Waals surface area contributed by atoms with Crippen LogP contribution in [0.5, 0.6) is 0 Å². The molecular formula is C14H25NO. The number of hydrogen-bond donors (Lipinski definition) is 1. The molecule has 3 atom stereocenters. The Bertz CT molecular complexity index is 268. The molecule has 2 unspecified atom stereocenters. The first-order valence-corrected chi connectivity index (χ1v) is 6.46. The highest BCUT2D eigenvalue weighted by Crippen LogP contribution is 2.18. The molecule has 0 spiro atoms. The van der Waals surface area contributed by atoms with Gasteiger partial charge in [0.05, 0.1) is 12.3 Å². The van der Waals surface area contributed by atoms with Gasteiger partial charge in [0.25, 0.3) is 0 Å². The third-order valence-corrected chi connectivity index (χ3v) is 3.33. The Morgan fingerprint density at radius 1 is 1.25 bits per heavy atom. The van der Waals surface area contributed by atoms with Gasteiger partial charge >= 0.3 is 0 Å². The number of hydrogen-bond acceptors (Lipinski definition) is 2. The molecule has 0 aliphatic rings. The molecule has 0 aliphatic carbocycles. The molecule has 0 aliphatic heterocycles. The first kappa shape index (κ1) is 13.3. The van der Waals surface area contributed by atoms with Crippen LogP contribution in [-0.4, -0.2) is 6.04 Å². The van der Waals surface area contributed by atoms with E-state index in [1.54, 1.807) is 6.26 Å². The Balaban J connectivity index is 2.43. The molecule has 1 aromatic rings. The summed E-state index contributed by atoms with van der Waals surface area (Å²) in [5.74, 6) is 1.82. The fourth-order valence-electron chi connectivity index (χ4n) is 1.98. The number of nitrogens with one attached hydrogen (secondary N) is 1. The molecular weight excluding hydrogens is 198 g/mol. The number of rotatable bonds is 7. The van der Waals surface area contributed by atoms with Crippen molar-refractivity contribution in [3.05, 3.63) is 24.2 Å². The second kappa shape index (κ2) is 6.74. The van der Waals surface area contributed by atoms with Crippen LogP contribution in [0.1, 0.15) is 58.8 Å². The molecule has 1 heterocycles. The lowest BCUT2D eigenvalue weighted by atomic mass is 9.97. The van der Waals surface area contributed by atoms with E-state index < -0.39 is 0 Å². The maximum atomic E-state index is 5.41. The molecule has 0 saturated carbocycles. The minimum Gasteiger partial charge on any atom is -0.468 e. The maximum Gasteiger partial charge on any atom is 0.120 e. The predicted octanol–water partition coefficient (Wildman–Crippen LogP) is 4.15. The molecule has 1 N–H and O–H groups in total. The van der Waals surface area contributed by atoms with Crippen molar-refractivity contribution in [2.24, 2.45) is 5.92 Å². The predicted molar refractivity (Wildman–Crippen MR) is 68.4 cm³/mol. The van der Waals surface area contributed by atoms with Gasteiger partial charge in [-0.25, -0.2) is 0 Å². The van der Waals surface area contributed by atoms with Crippen LogP contribution in [0.2, 0.25) is 0 Å². The summed E-state index contributed by atoms with van der Waals surface area (Å²) in [6, 6.07) is 4.88. The van der Waals surface area contributed by atoms with Crippen molar-refractivity contribution >= 4 is 0 Å². The Labute approximate surface area is 99.4 Å². The molecule has 2 heteroatoms. The van der Waals surface area contributed by atoms with Gasteiger partial charge in [0.15, 0.2) is 0 Å². The molecule has 0 radical (unpaired) electrons. The van der Waals surface area contributed by atoms with Crippen LogP contribution in [0.3, 0.4) is 0 Å². The topological polar surface area (TPSA) is 25.2 Å². The van der Waals surface area contributed by atoms with Crippen molar-refractivity contribution in [1.82, 2.24) is 5.32 Å². The summed E-state index contributed by atoms with van der Waals surface area (Å²) in [4.78, 5) is 0. The van der Waals surface area contributed by atoms with E-state index in [2.05, 4.69) is 33.0 Å². The SMILES string of the molecule is CCC(C)CC(CC)N[C@@H](C)c1ccco1. The van der Waals surface area contributed by atoms with Gasteiger partial charge in [-0.15, -0.1) is 0 Å². The molecule has 92 valence electrons. The van der Waals surface area contributed by atoms with Crippen LogP contribution in [0.15, 0.2) is 22.8 Å². The highest BCUT2D eigenvalue weighted by atomic mass is 16.3. The fourth-order valence-corrected chi connectivity index (χ4v) is 1.98. The smallest absolute Gasteiger partial charge is 0.120 e. The van der Waals surface area contributed by atoms with Crippen molar-refractivity contribution in [3.63, 3.8) is 0 Å². The van der Waals surface area contributed by atoms with Gasteiger partial charge in [0, 0.05) is 6.04 Å². The van der Waals surface area contributed by atoms with Gasteiger partial charge in [0.2, 0.25) is 0 Å². The third-order valence-electron chi connectivity index (χ3n) is 3.33. The van der Waals surface area contributed by atoms with Crippen LogP contribution in [0, 0.1) is 5.92 Å². The summed E-state index contributed by atoms with van der Waals surface area (Å²) in [5.41, 5.74) is 0. The zero-order chi connectivity index (χ0) is 12.0. The average molecular weight is 223 g/mol. The van der Waals surface area contributed by atoms with E-state index in [0.717, 1.165) is 11.7 Å². The standard InChI is InChI=1S/C14H25NO/c1-5-11(3)10-13(6-2)15-12(4)14-8-7-9-16-14/h7-9,11-13,15H,5-6,10H2,1-4H3/t11?,12-,13?/m0/s1. The maximum absolute atomic E-state index is 5.41. The van der Waals surface area contributed by atoms with Gasteiger partial charge in [-0.05, 0) is 37.8 Å². The van der Waals surface area contributed by atoms with Crippen LogP contribution in [0.25, 0.3) is 0 Å². The van der Waals surface area contributed by atoms with E-state index in [1.807, 2.05) is 12.1 Å². The van der Waals surface area contributed by atoms with E-state index in [9.17, 15) is 0 Å². The van der Waals surface area contributed by atoms with E-state index in [0.29, 0.717) is 12.1 Å². The first-order valence-electron chi connectivity index (χ1n) is 6.46. The highest BCUT2D eigenvalue weighted by molar-refractivity contribution is 5.03. The quantitative estimate of drug-likeness (QED) is 0.751. The lowest BCUT2D eigenvalue weighted by Crippen LogP contribution is -2.32. The molecule has 0 bridgehead atoms. The second-order valence-electron chi connectivity index (χ2n) is 4.76. The molecule has 1 rings (SSSR count). The fraction of sp³-hybridized carbons (Fsp3) is 0.714. The molecule has 0 fully saturated rings. The summed E-state index contributed by atoms with van der Waals surface area (Å²) in [7, 11) is 0. The second-order valence-corrected chi connectivity index (χ2v) is 4.76. The van der Waals surface area contributed by atoms with E-state index in [1.165, 1.54) is 19.3 Å². The van der Waals surface area contributed by atoms with Crippen LogP contribution in [-0.2, 0) is 0 Å². The molecule has 2 nitrogen and oxygen atoms in total. The molecule has 0 aromatic carbocycles. The Morgan fingerprint density at radius 2 is 2.00 bits per heavy atom. The minimum absolute atomic E-state index is 0.309. The summed E-state index contributed by atoms with van der Waals surface area (Å²) >= 11 is 0. The van der Waals surface area contributed by atoms with Gasteiger partial charge in [-0.1, -0.05) is 27.2 Å². The molecule has 0 saturated heterocycles. The first-order chi connectivity index (χ1) is 7.67.